The molecule has 0 atom stereocenters. The molecule has 0 radical (unpaired) electrons. The van der Waals surface area contributed by atoms with E-state index < -0.39 is 5.82 Å². The van der Waals surface area contributed by atoms with Crippen molar-refractivity contribution >= 4 is 33.6 Å². The topological polar surface area (TPSA) is 29.1 Å². The first-order chi connectivity index (χ1) is 8.08. The first kappa shape index (κ1) is 12.9. The Balaban J connectivity index is 2.05. The molecule has 0 aliphatic heterocycles. The summed E-state index contributed by atoms with van der Waals surface area (Å²) in [6.07, 6.45) is 4.28. The summed E-state index contributed by atoms with van der Waals surface area (Å²) in [5, 5.41) is 2.80. The molecule has 1 fully saturated rings. The SMILES string of the molecule is CSC1(CNC(=O)c2c(F)cccc2Br)CC1. The number of hydrogen-bond donors (Lipinski definition) is 1. The lowest BCUT2D eigenvalue weighted by molar-refractivity contribution is 0.0948. The molecule has 1 saturated carbocycles. The molecule has 0 unspecified atom stereocenters. The van der Waals surface area contributed by atoms with Crippen LogP contribution in [-0.2, 0) is 0 Å². The van der Waals surface area contributed by atoms with Gasteiger partial charge in [0.25, 0.3) is 5.91 Å². The fourth-order valence-electron chi connectivity index (χ4n) is 1.64. The van der Waals surface area contributed by atoms with E-state index >= 15 is 0 Å². The van der Waals surface area contributed by atoms with Gasteiger partial charge in [0.2, 0.25) is 0 Å². The van der Waals surface area contributed by atoms with Crippen molar-refractivity contribution in [2.75, 3.05) is 12.8 Å². The van der Waals surface area contributed by atoms with Crippen molar-refractivity contribution in [3.05, 3.63) is 34.1 Å². The Morgan fingerprint density at radius 3 is 2.82 bits per heavy atom. The van der Waals surface area contributed by atoms with Crippen LogP contribution in [0.2, 0.25) is 0 Å². The van der Waals surface area contributed by atoms with Crippen LogP contribution in [0.5, 0.6) is 0 Å². The van der Waals surface area contributed by atoms with Gasteiger partial charge in [0.15, 0.2) is 0 Å². The Morgan fingerprint density at radius 2 is 2.29 bits per heavy atom. The van der Waals surface area contributed by atoms with E-state index in [9.17, 15) is 9.18 Å². The van der Waals surface area contributed by atoms with E-state index in [0.29, 0.717) is 11.0 Å². The molecule has 0 heterocycles. The van der Waals surface area contributed by atoms with Gasteiger partial charge in [0.1, 0.15) is 5.82 Å². The van der Waals surface area contributed by atoms with Crippen LogP contribution in [-0.4, -0.2) is 23.5 Å². The van der Waals surface area contributed by atoms with Crippen molar-refractivity contribution in [1.82, 2.24) is 5.32 Å². The quantitative estimate of drug-likeness (QED) is 0.923. The third kappa shape index (κ3) is 2.83. The maximum atomic E-state index is 13.5. The van der Waals surface area contributed by atoms with Crippen molar-refractivity contribution in [1.29, 1.82) is 0 Å². The van der Waals surface area contributed by atoms with Crippen LogP contribution in [0, 0.1) is 5.82 Å². The molecule has 0 spiro atoms. The second kappa shape index (κ2) is 4.98. The number of amides is 1. The normalized spacial score (nSPS) is 16.6. The maximum absolute atomic E-state index is 13.5. The molecule has 1 amide bonds. The van der Waals surface area contributed by atoms with Crippen LogP contribution in [0.3, 0.4) is 0 Å². The van der Waals surface area contributed by atoms with Crippen LogP contribution in [0.15, 0.2) is 22.7 Å². The van der Waals surface area contributed by atoms with Gasteiger partial charge in [-0.3, -0.25) is 4.79 Å². The van der Waals surface area contributed by atoms with E-state index in [2.05, 4.69) is 21.2 Å². The molecule has 1 N–H and O–H groups in total. The number of thioether (sulfide) groups is 1. The summed E-state index contributed by atoms with van der Waals surface area (Å²) >= 11 is 4.96. The van der Waals surface area contributed by atoms with Gasteiger partial charge in [-0.05, 0) is 47.2 Å². The molecule has 17 heavy (non-hydrogen) atoms. The molecule has 0 bridgehead atoms. The van der Waals surface area contributed by atoms with Crippen molar-refractivity contribution < 1.29 is 9.18 Å². The zero-order valence-corrected chi connectivity index (χ0v) is 11.8. The number of rotatable bonds is 4. The average molecular weight is 318 g/mol. The third-order valence-corrected chi connectivity index (χ3v) is 5.08. The minimum Gasteiger partial charge on any atom is -0.351 e. The van der Waals surface area contributed by atoms with Crippen molar-refractivity contribution in [2.24, 2.45) is 0 Å². The van der Waals surface area contributed by atoms with E-state index in [1.165, 1.54) is 6.07 Å². The zero-order chi connectivity index (χ0) is 12.5. The largest absolute Gasteiger partial charge is 0.351 e. The van der Waals surface area contributed by atoms with Crippen LogP contribution in [0.1, 0.15) is 23.2 Å². The highest BCUT2D eigenvalue weighted by Gasteiger charge is 2.42. The molecule has 92 valence electrons. The predicted octanol–water partition coefficient (Wildman–Crippen LogP) is 3.21. The van der Waals surface area contributed by atoms with Gasteiger partial charge in [-0.15, -0.1) is 0 Å². The van der Waals surface area contributed by atoms with Gasteiger partial charge in [-0.2, -0.15) is 11.8 Å². The van der Waals surface area contributed by atoms with Crippen molar-refractivity contribution in [2.45, 2.75) is 17.6 Å². The van der Waals surface area contributed by atoms with Gasteiger partial charge in [0.05, 0.1) is 5.56 Å². The van der Waals surface area contributed by atoms with Crippen LogP contribution >= 0.6 is 27.7 Å². The van der Waals surface area contributed by atoms with Crippen molar-refractivity contribution in [3.63, 3.8) is 0 Å². The summed E-state index contributed by atoms with van der Waals surface area (Å²) in [4.78, 5) is 11.9. The Hall–Kier alpha value is -0.550. The van der Waals surface area contributed by atoms with Crippen LogP contribution in [0.4, 0.5) is 4.39 Å². The summed E-state index contributed by atoms with van der Waals surface area (Å²) in [6.45, 7) is 0.605. The molecule has 0 saturated heterocycles. The molecular weight excluding hydrogens is 305 g/mol. The fraction of sp³-hybridized carbons (Fsp3) is 0.417. The summed E-state index contributed by atoms with van der Waals surface area (Å²) in [6, 6.07) is 4.53. The smallest absolute Gasteiger partial charge is 0.255 e. The van der Waals surface area contributed by atoms with E-state index in [1.54, 1.807) is 23.9 Å². The predicted molar refractivity (Wildman–Crippen MR) is 71.9 cm³/mol. The fourth-order valence-corrected chi connectivity index (χ4v) is 2.89. The molecule has 1 aliphatic rings. The minimum absolute atomic E-state index is 0.0874. The van der Waals surface area contributed by atoms with E-state index in [-0.39, 0.29) is 16.2 Å². The Labute approximate surface area is 112 Å². The molecule has 5 heteroatoms. The second-order valence-electron chi connectivity index (χ2n) is 4.17. The maximum Gasteiger partial charge on any atom is 0.255 e. The molecule has 0 aromatic heterocycles. The van der Waals surface area contributed by atoms with Gasteiger partial charge < -0.3 is 5.32 Å². The molecule has 1 aromatic carbocycles. The highest BCUT2D eigenvalue weighted by molar-refractivity contribution is 9.10. The van der Waals surface area contributed by atoms with E-state index in [4.69, 9.17) is 0 Å². The zero-order valence-electron chi connectivity index (χ0n) is 9.43. The minimum atomic E-state index is -0.495. The second-order valence-corrected chi connectivity index (χ2v) is 6.30. The monoisotopic (exact) mass is 317 g/mol. The lowest BCUT2D eigenvalue weighted by atomic mass is 10.2. The highest BCUT2D eigenvalue weighted by atomic mass is 79.9. The standard InChI is InChI=1S/C12H13BrFNOS/c1-17-12(5-6-12)7-15-11(16)10-8(13)3-2-4-9(10)14/h2-4H,5-7H2,1H3,(H,15,16). The van der Waals surface area contributed by atoms with Crippen molar-refractivity contribution in [3.8, 4) is 0 Å². The van der Waals surface area contributed by atoms with Gasteiger partial charge >= 0.3 is 0 Å². The molecule has 1 aliphatic carbocycles. The number of benzene rings is 1. The summed E-state index contributed by atoms with van der Waals surface area (Å²) < 4.78 is 14.2. The molecule has 2 nitrogen and oxygen atoms in total. The highest BCUT2D eigenvalue weighted by Crippen LogP contribution is 2.46. The summed E-state index contributed by atoms with van der Waals surface area (Å²) in [7, 11) is 0. The number of carbonyl (C=O) groups is 1. The first-order valence-corrected chi connectivity index (χ1v) is 7.37. The van der Waals surface area contributed by atoms with Gasteiger partial charge in [-0.25, -0.2) is 4.39 Å². The molecule has 2 rings (SSSR count). The van der Waals surface area contributed by atoms with E-state index in [0.717, 1.165) is 12.8 Å². The first-order valence-electron chi connectivity index (χ1n) is 5.35. The van der Waals surface area contributed by atoms with Crippen LogP contribution < -0.4 is 5.32 Å². The summed E-state index contributed by atoms with van der Waals surface area (Å²) in [5.41, 5.74) is 0.0874. The van der Waals surface area contributed by atoms with Crippen LogP contribution in [0.25, 0.3) is 0 Å². The number of nitrogens with one attached hydrogen (secondary N) is 1. The van der Waals surface area contributed by atoms with E-state index in [1.807, 2.05) is 6.26 Å². The molecular formula is C12H13BrFNOS. The lowest BCUT2D eigenvalue weighted by Crippen LogP contribution is -2.32. The molecule has 1 aromatic rings. The number of halogens is 2. The average Bonchev–Trinajstić information content (AvgIpc) is 3.07. The Morgan fingerprint density at radius 1 is 1.59 bits per heavy atom. The Bertz CT molecular complexity index is 428. The van der Waals surface area contributed by atoms with Gasteiger partial charge in [0, 0.05) is 15.8 Å². The van der Waals surface area contributed by atoms with Gasteiger partial charge in [-0.1, -0.05) is 6.07 Å². The lowest BCUT2D eigenvalue weighted by Gasteiger charge is -2.13. The Kier molecular flexibility index (Phi) is 3.78. The summed E-state index contributed by atoms with van der Waals surface area (Å²) in [5.74, 6) is -0.846. The number of carbonyl (C=O) groups excluding carboxylic acids is 1. The third-order valence-electron chi connectivity index (χ3n) is 3.00. The number of hydrogen-bond acceptors (Lipinski definition) is 2.